The van der Waals surface area contributed by atoms with Gasteiger partial charge in [0.1, 0.15) is 17.2 Å². The average Bonchev–Trinajstić information content (AvgIpc) is 2.75. The van der Waals surface area contributed by atoms with Crippen LogP contribution in [0, 0.1) is 0 Å². The Morgan fingerprint density at radius 2 is 1.68 bits per heavy atom. The molecule has 0 aliphatic carbocycles. The first-order chi connectivity index (χ1) is 13.6. The molecule has 0 atom stereocenters. The molecule has 0 fully saturated rings. The summed E-state index contributed by atoms with van der Waals surface area (Å²) in [5.41, 5.74) is 3.88. The number of carbonyl (C=O) groups excluding carboxylic acids is 1. The highest BCUT2D eigenvalue weighted by molar-refractivity contribution is 6.01. The van der Waals surface area contributed by atoms with E-state index >= 15 is 0 Å². The zero-order valence-corrected chi connectivity index (χ0v) is 16.1. The van der Waals surface area contributed by atoms with Crippen molar-refractivity contribution in [2.75, 3.05) is 20.8 Å². The second kappa shape index (κ2) is 8.90. The first kappa shape index (κ1) is 19.2. The molecule has 0 aliphatic rings. The SMILES string of the molecule is COc1ccc(C(C)=NNC(=O)COc2ccc3ccccc3c2)c(OC)c1. The third kappa shape index (κ3) is 4.59. The fraction of sp³-hybridized carbons (Fsp3) is 0.182. The maximum absolute atomic E-state index is 12.1. The van der Waals surface area contributed by atoms with Crippen LogP contribution < -0.4 is 19.6 Å². The maximum atomic E-state index is 12.1. The van der Waals surface area contributed by atoms with Crippen LogP contribution in [0.25, 0.3) is 10.8 Å². The number of amides is 1. The van der Waals surface area contributed by atoms with E-state index in [1.807, 2.05) is 54.6 Å². The minimum atomic E-state index is -0.347. The van der Waals surface area contributed by atoms with Gasteiger partial charge in [-0.05, 0) is 42.0 Å². The van der Waals surface area contributed by atoms with Crippen molar-refractivity contribution in [3.63, 3.8) is 0 Å². The molecule has 0 radical (unpaired) electrons. The summed E-state index contributed by atoms with van der Waals surface area (Å²) in [5.74, 6) is 1.58. The topological polar surface area (TPSA) is 69.2 Å². The molecule has 0 saturated carbocycles. The molecule has 6 heteroatoms. The van der Waals surface area contributed by atoms with Crippen LogP contribution in [-0.4, -0.2) is 32.4 Å². The summed E-state index contributed by atoms with van der Waals surface area (Å²) in [5, 5.41) is 6.31. The van der Waals surface area contributed by atoms with Crippen molar-refractivity contribution in [2.24, 2.45) is 5.10 Å². The Morgan fingerprint density at radius 1 is 0.929 bits per heavy atom. The smallest absolute Gasteiger partial charge is 0.277 e. The first-order valence-electron chi connectivity index (χ1n) is 8.78. The van der Waals surface area contributed by atoms with Crippen LogP contribution in [0.15, 0.2) is 65.8 Å². The largest absolute Gasteiger partial charge is 0.497 e. The number of nitrogens with zero attached hydrogens (tertiary/aromatic N) is 1. The van der Waals surface area contributed by atoms with E-state index in [2.05, 4.69) is 10.5 Å². The van der Waals surface area contributed by atoms with Gasteiger partial charge >= 0.3 is 0 Å². The Morgan fingerprint density at radius 3 is 2.43 bits per heavy atom. The van der Waals surface area contributed by atoms with E-state index in [4.69, 9.17) is 14.2 Å². The van der Waals surface area contributed by atoms with Crippen molar-refractivity contribution >= 4 is 22.4 Å². The second-order valence-electron chi connectivity index (χ2n) is 6.10. The molecule has 0 heterocycles. The number of benzene rings is 3. The fourth-order valence-corrected chi connectivity index (χ4v) is 2.74. The second-order valence-corrected chi connectivity index (χ2v) is 6.10. The number of hydrazone groups is 1. The lowest BCUT2D eigenvalue weighted by Gasteiger charge is -2.10. The average molecular weight is 378 g/mol. The van der Waals surface area contributed by atoms with Gasteiger partial charge in [0.05, 0.1) is 19.9 Å². The molecule has 1 amide bonds. The molecular weight excluding hydrogens is 356 g/mol. The maximum Gasteiger partial charge on any atom is 0.277 e. The highest BCUT2D eigenvalue weighted by Gasteiger charge is 2.09. The Balaban J connectivity index is 1.61. The van der Waals surface area contributed by atoms with Gasteiger partial charge in [0.2, 0.25) is 0 Å². The normalized spacial score (nSPS) is 11.2. The Kier molecular flexibility index (Phi) is 6.11. The molecule has 3 aromatic carbocycles. The van der Waals surface area contributed by atoms with Crippen LogP contribution in [0.3, 0.4) is 0 Å². The molecule has 0 saturated heterocycles. The van der Waals surface area contributed by atoms with E-state index in [9.17, 15) is 4.79 Å². The highest BCUT2D eigenvalue weighted by Crippen LogP contribution is 2.25. The molecule has 0 aromatic heterocycles. The number of rotatable bonds is 7. The van der Waals surface area contributed by atoms with Gasteiger partial charge in [-0.2, -0.15) is 5.10 Å². The van der Waals surface area contributed by atoms with E-state index in [-0.39, 0.29) is 12.5 Å². The molecule has 0 bridgehead atoms. The Hall–Kier alpha value is -3.54. The van der Waals surface area contributed by atoms with Crippen LogP contribution in [0.2, 0.25) is 0 Å². The van der Waals surface area contributed by atoms with E-state index in [0.717, 1.165) is 16.3 Å². The molecule has 28 heavy (non-hydrogen) atoms. The van der Waals surface area contributed by atoms with Crippen LogP contribution in [0.1, 0.15) is 12.5 Å². The summed E-state index contributed by atoms with van der Waals surface area (Å²) < 4.78 is 16.1. The van der Waals surface area contributed by atoms with Crippen LogP contribution >= 0.6 is 0 Å². The predicted octanol–water partition coefficient (Wildman–Crippen LogP) is 3.78. The third-order valence-electron chi connectivity index (χ3n) is 4.24. The summed E-state index contributed by atoms with van der Waals surface area (Å²) in [7, 11) is 3.16. The fourth-order valence-electron chi connectivity index (χ4n) is 2.74. The summed E-state index contributed by atoms with van der Waals surface area (Å²) in [6.45, 7) is 1.66. The highest BCUT2D eigenvalue weighted by atomic mass is 16.5. The summed E-state index contributed by atoms with van der Waals surface area (Å²) >= 11 is 0. The molecular formula is C22H22N2O4. The van der Waals surface area contributed by atoms with Crippen molar-refractivity contribution in [1.29, 1.82) is 0 Å². The standard InChI is InChI=1S/C22H22N2O4/c1-15(20-11-10-18(26-2)13-21(20)27-3)23-24-22(25)14-28-19-9-8-16-6-4-5-7-17(16)12-19/h4-13H,14H2,1-3H3,(H,24,25). The molecule has 3 rings (SSSR count). The molecule has 0 spiro atoms. The minimum absolute atomic E-state index is 0.130. The van der Waals surface area contributed by atoms with Gasteiger partial charge in [-0.15, -0.1) is 0 Å². The third-order valence-corrected chi connectivity index (χ3v) is 4.24. The summed E-state index contributed by atoms with van der Waals surface area (Å²) in [4.78, 5) is 12.1. The van der Waals surface area contributed by atoms with Crippen molar-refractivity contribution in [1.82, 2.24) is 5.43 Å². The van der Waals surface area contributed by atoms with E-state index in [0.29, 0.717) is 23.0 Å². The minimum Gasteiger partial charge on any atom is -0.497 e. The van der Waals surface area contributed by atoms with E-state index in [1.165, 1.54) is 0 Å². The summed E-state index contributed by atoms with van der Waals surface area (Å²) in [6, 6.07) is 19.1. The van der Waals surface area contributed by atoms with Crippen molar-refractivity contribution in [2.45, 2.75) is 6.92 Å². The number of fused-ring (bicyclic) bond motifs is 1. The lowest BCUT2D eigenvalue weighted by Crippen LogP contribution is -2.25. The predicted molar refractivity (Wildman–Crippen MR) is 109 cm³/mol. The zero-order valence-electron chi connectivity index (χ0n) is 16.1. The number of carbonyl (C=O) groups is 1. The van der Waals surface area contributed by atoms with Crippen LogP contribution in [-0.2, 0) is 4.79 Å². The van der Waals surface area contributed by atoms with Gasteiger partial charge in [-0.3, -0.25) is 4.79 Å². The Bertz CT molecular complexity index is 1010. The summed E-state index contributed by atoms with van der Waals surface area (Å²) in [6.07, 6.45) is 0. The molecule has 0 unspecified atom stereocenters. The molecule has 1 N–H and O–H groups in total. The van der Waals surface area contributed by atoms with Gasteiger partial charge in [0.25, 0.3) is 5.91 Å². The zero-order chi connectivity index (χ0) is 19.9. The Labute approximate surface area is 163 Å². The first-order valence-corrected chi connectivity index (χ1v) is 8.78. The van der Waals surface area contributed by atoms with Crippen molar-refractivity contribution in [3.05, 3.63) is 66.2 Å². The number of hydrogen-bond donors (Lipinski definition) is 1. The van der Waals surface area contributed by atoms with Crippen molar-refractivity contribution in [3.8, 4) is 17.2 Å². The number of methoxy groups -OCH3 is 2. The lowest BCUT2D eigenvalue weighted by atomic mass is 10.1. The van der Waals surface area contributed by atoms with Gasteiger partial charge < -0.3 is 14.2 Å². The van der Waals surface area contributed by atoms with Gasteiger partial charge in [0, 0.05) is 11.6 Å². The van der Waals surface area contributed by atoms with E-state index < -0.39 is 0 Å². The molecule has 0 aliphatic heterocycles. The molecule has 3 aromatic rings. The number of nitrogens with one attached hydrogen (secondary N) is 1. The molecule has 6 nitrogen and oxygen atoms in total. The van der Waals surface area contributed by atoms with Gasteiger partial charge in [-0.25, -0.2) is 5.43 Å². The van der Waals surface area contributed by atoms with Gasteiger partial charge in [0.15, 0.2) is 6.61 Å². The van der Waals surface area contributed by atoms with E-state index in [1.54, 1.807) is 27.2 Å². The number of hydrogen-bond acceptors (Lipinski definition) is 5. The van der Waals surface area contributed by atoms with Gasteiger partial charge in [-0.1, -0.05) is 30.3 Å². The monoisotopic (exact) mass is 378 g/mol. The van der Waals surface area contributed by atoms with Crippen LogP contribution in [0.4, 0.5) is 0 Å². The van der Waals surface area contributed by atoms with Crippen LogP contribution in [0.5, 0.6) is 17.2 Å². The number of ether oxygens (including phenoxy) is 3. The van der Waals surface area contributed by atoms with Crippen molar-refractivity contribution < 1.29 is 19.0 Å². The molecule has 144 valence electrons. The lowest BCUT2D eigenvalue weighted by molar-refractivity contribution is -0.123. The quantitative estimate of drug-likeness (QED) is 0.502.